The Balaban J connectivity index is 1.63. The van der Waals surface area contributed by atoms with Gasteiger partial charge in [0.05, 0.1) is 14.2 Å². The molecule has 1 aliphatic heterocycles. The standard InChI is InChI=1S/C21H23IN2O4/c1-27-17-4-3-5-18(28-2)19(17)21(26)24-12-10-14(11-13-24)20(25)23-16-8-6-15(22)7-9-16/h3-9,14H,10-13H2,1-2H3,(H,23,25). The zero-order valence-electron chi connectivity index (χ0n) is 15.9. The SMILES string of the molecule is COc1cccc(OC)c1C(=O)N1CCC(C(=O)Nc2ccc(I)cc2)CC1. The van der Waals surface area contributed by atoms with Crippen molar-refractivity contribution in [2.45, 2.75) is 12.8 Å². The summed E-state index contributed by atoms with van der Waals surface area (Å²) < 4.78 is 11.8. The van der Waals surface area contributed by atoms with Gasteiger partial charge in [-0.15, -0.1) is 0 Å². The minimum Gasteiger partial charge on any atom is -0.496 e. The van der Waals surface area contributed by atoms with E-state index in [1.807, 2.05) is 24.3 Å². The van der Waals surface area contributed by atoms with Crippen LogP contribution in [0, 0.1) is 9.49 Å². The van der Waals surface area contributed by atoms with E-state index < -0.39 is 0 Å². The Kier molecular flexibility index (Phi) is 6.77. The topological polar surface area (TPSA) is 67.9 Å². The lowest BCUT2D eigenvalue weighted by Crippen LogP contribution is -2.41. The molecule has 3 rings (SSSR count). The fourth-order valence-electron chi connectivity index (χ4n) is 3.34. The van der Waals surface area contributed by atoms with Crippen LogP contribution in [0.5, 0.6) is 11.5 Å². The first-order valence-corrected chi connectivity index (χ1v) is 10.2. The molecule has 2 aromatic carbocycles. The number of ether oxygens (including phenoxy) is 2. The van der Waals surface area contributed by atoms with Gasteiger partial charge in [-0.05, 0) is 71.8 Å². The number of carbonyl (C=O) groups excluding carboxylic acids is 2. The van der Waals surface area contributed by atoms with Crippen molar-refractivity contribution in [2.75, 3.05) is 32.6 Å². The van der Waals surface area contributed by atoms with E-state index in [0.717, 1.165) is 9.26 Å². The number of nitrogens with one attached hydrogen (secondary N) is 1. The first kappa shape index (κ1) is 20.4. The van der Waals surface area contributed by atoms with Gasteiger partial charge in [0.2, 0.25) is 5.91 Å². The number of anilines is 1. The molecule has 7 heteroatoms. The van der Waals surface area contributed by atoms with Crippen LogP contribution >= 0.6 is 22.6 Å². The van der Waals surface area contributed by atoms with E-state index in [0.29, 0.717) is 43.0 Å². The second-order valence-corrected chi connectivity index (χ2v) is 7.85. The average Bonchev–Trinajstić information content (AvgIpc) is 2.74. The maximum absolute atomic E-state index is 13.0. The number of likely N-dealkylation sites (tertiary alicyclic amines) is 1. The predicted octanol–water partition coefficient (Wildman–Crippen LogP) is 3.80. The van der Waals surface area contributed by atoms with E-state index in [-0.39, 0.29) is 17.7 Å². The van der Waals surface area contributed by atoms with Crippen LogP contribution in [0.4, 0.5) is 5.69 Å². The Morgan fingerprint density at radius 3 is 2.11 bits per heavy atom. The molecule has 2 amide bonds. The predicted molar refractivity (Wildman–Crippen MR) is 116 cm³/mol. The lowest BCUT2D eigenvalue weighted by atomic mass is 9.95. The molecule has 6 nitrogen and oxygen atoms in total. The van der Waals surface area contributed by atoms with Crippen LogP contribution in [0.15, 0.2) is 42.5 Å². The van der Waals surface area contributed by atoms with E-state index >= 15 is 0 Å². The number of rotatable bonds is 5. The van der Waals surface area contributed by atoms with Crippen molar-refractivity contribution in [3.63, 3.8) is 0 Å². The number of benzene rings is 2. The minimum absolute atomic E-state index is 0.00294. The molecule has 1 saturated heterocycles. The van der Waals surface area contributed by atoms with E-state index in [2.05, 4.69) is 27.9 Å². The smallest absolute Gasteiger partial charge is 0.261 e. The van der Waals surface area contributed by atoms with Gasteiger partial charge >= 0.3 is 0 Å². The van der Waals surface area contributed by atoms with Crippen molar-refractivity contribution in [1.82, 2.24) is 4.90 Å². The average molecular weight is 494 g/mol. The molecule has 28 heavy (non-hydrogen) atoms. The molecule has 0 unspecified atom stereocenters. The van der Waals surface area contributed by atoms with Crippen molar-refractivity contribution >= 4 is 40.1 Å². The number of amides is 2. The molecule has 1 aliphatic rings. The van der Waals surface area contributed by atoms with E-state index in [1.165, 1.54) is 14.2 Å². The van der Waals surface area contributed by atoms with Crippen molar-refractivity contribution in [3.05, 3.63) is 51.6 Å². The molecule has 2 aromatic rings. The summed E-state index contributed by atoms with van der Waals surface area (Å²) in [5.74, 6) is 0.739. The number of carbonyl (C=O) groups is 2. The highest BCUT2D eigenvalue weighted by molar-refractivity contribution is 14.1. The molecular formula is C21H23IN2O4. The first-order chi connectivity index (χ1) is 13.5. The zero-order valence-corrected chi connectivity index (χ0v) is 18.1. The van der Waals surface area contributed by atoms with Crippen molar-refractivity contribution in [1.29, 1.82) is 0 Å². The Morgan fingerprint density at radius 2 is 1.57 bits per heavy atom. The third-order valence-corrected chi connectivity index (χ3v) is 5.63. The van der Waals surface area contributed by atoms with Crippen molar-refractivity contribution in [3.8, 4) is 11.5 Å². The maximum Gasteiger partial charge on any atom is 0.261 e. The van der Waals surface area contributed by atoms with Crippen LogP contribution in [0.2, 0.25) is 0 Å². The highest BCUT2D eigenvalue weighted by Crippen LogP contribution is 2.31. The number of hydrogen-bond acceptors (Lipinski definition) is 4. The summed E-state index contributed by atoms with van der Waals surface area (Å²) in [5.41, 5.74) is 1.22. The summed E-state index contributed by atoms with van der Waals surface area (Å²) in [6.45, 7) is 1.04. The zero-order chi connectivity index (χ0) is 20.1. The van der Waals surface area contributed by atoms with Crippen LogP contribution < -0.4 is 14.8 Å². The van der Waals surface area contributed by atoms with E-state index in [9.17, 15) is 9.59 Å². The highest BCUT2D eigenvalue weighted by atomic mass is 127. The summed E-state index contributed by atoms with van der Waals surface area (Å²) in [6.07, 6.45) is 1.25. The fraction of sp³-hybridized carbons (Fsp3) is 0.333. The number of hydrogen-bond donors (Lipinski definition) is 1. The van der Waals surface area contributed by atoms with Gasteiger partial charge in [0.15, 0.2) is 0 Å². The van der Waals surface area contributed by atoms with E-state index in [1.54, 1.807) is 23.1 Å². The van der Waals surface area contributed by atoms with Crippen LogP contribution in [-0.4, -0.2) is 44.0 Å². The summed E-state index contributed by atoms with van der Waals surface area (Å²) in [7, 11) is 3.07. The largest absolute Gasteiger partial charge is 0.496 e. The van der Waals surface area contributed by atoms with Gasteiger partial charge in [-0.2, -0.15) is 0 Å². The second-order valence-electron chi connectivity index (χ2n) is 6.60. The normalized spacial score (nSPS) is 14.5. The van der Waals surface area contributed by atoms with Crippen molar-refractivity contribution in [2.24, 2.45) is 5.92 Å². The van der Waals surface area contributed by atoms with Gasteiger partial charge in [-0.25, -0.2) is 0 Å². The first-order valence-electron chi connectivity index (χ1n) is 9.10. The quantitative estimate of drug-likeness (QED) is 0.643. The summed E-state index contributed by atoms with van der Waals surface area (Å²) >= 11 is 2.23. The van der Waals surface area contributed by atoms with Crippen LogP contribution in [0.3, 0.4) is 0 Å². The summed E-state index contributed by atoms with van der Waals surface area (Å²) in [4.78, 5) is 27.3. The molecule has 0 aliphatic carbocycles. The van der Waals surface area contributed by atoms with Crippen molar-refractivity contribution < 1.29 is 19.1 Å². The van der Waals surface area contributed by atoms with Gasteiger partial charge in [0.25, 0.3) is 5.91 Å². The third kappa shape index (κ3) is 4.57. The molecule has 0 spiro atoms. The molecule has 0 bridgehead atoms. The molecule has 0 atom stereocenters. The monoisotopic (exact) mass is 494 g/mol. The number of methoxy groups -OCH3 is 2. The Hall–Kier alpha value is -2.29. The Morgan fingerprint density at radius 1 is 1.00 bits per heavy atom. The molecule has 0 saturated carbocycles. The van der Waals surface area contributed by atoms with Crippen LogP contribution in [0.25, 0.3) is 0 Å². The Labute approximate surface area is 178 Å². The molecular weight excluding hydrogens is 471 g/mol. The fourth-order valence-corrected chi connectivity index (χ4v) is 3.70. The molecule has 1 heterocycles. The third-order valence-electron chi connectivity index (χ3n) is 4.91. The lowest BCUT2D eigenvalue weighted by Gasteiger charge is -2.32. The maximum atomic E-state index is 13.0. The molecule has 0 aromatic heterocycles. The van der Waals surface area contributed by atoms with Crippen LogP contribution in [-0.2, 0) is 4.79 Å². The molecule has 148 valence electrons. The number of nitrogens with zero attached hydrogens (tertiary/aromatic N) is 1. The van der Waals surface area contributed by atoms with Gasteiger partial charge in [-0.1, -0.05) is 6.07 Å². The summed E-state index contributed by atoms with van der Waals surface area (Å²) in [5, 5.41) is 2.97. The molecule has 1 N–H and O–H groups in total. The van der Waals surface area contributed by atoms with E-state index in [4.69, 9.17) is 9.47 Å². The van der Waals surface area contributed by atoms with Gasteiger partial charge in [-0.3, -0.25) is 9.59 Å². The van der Waals surface area contributed by atoms with Gasteiger partial charge in [0, 0.05) is 28.3 Å². The number of halogens is 1. The highest BCUT2D eigenvalue weighted by Gasteiger charge is 2.30. The minimum atomic E-state index is -0.134. The second kappa shape index (κ2) is 9.27. The molecule has 0 radical (unpaired) electrons. The Bertz CT molecular complexity index is 824. The summed E-state index contributed by atoms with van der Waals surface area (Å²) in [6, 6.07) is 13.0. The van der Waals surface area contributed by atoms with Crippen LogP contribution in [0.1, 0.15) is 23.2 Å². The molecule has 1 fully saturated rings. The van der Waals surface area contributed by atoms with Gasteiger partial charge in [0.1, 0.15) is 17.1 Å². The lowest BCUT2D eigenvalue weighted by molar-refractivity contribution is -0.121. The van der Waals surface area contributed by atoms with Gasteiger partial charge < -0.3 is 19.7 Å². The number of piperidine rings is 1.